The standard InChI is InChI=1S/C32H45N3O4S.ClH/c1-21-25(15-10-16-28(21)36)30(38)33-26(20-40-24-13-6-5-7-14-24)29(37)19-35-18-23-12-9-8-11-22(23)17-27(35)31(39)34-32(2,3)4;/h5-7,10,13-16,22-23,26-27,29,36-37H,8-9,11-12,17-20H2,1-4H3,(H,33,38)(H,34,39);1H/t22-,23+,26?,27-,29?;/m0./s1. The summed E-state index contributed by atoms with van der Waals surface area (Å²) in [4.78, 5) is 30.0. The molecule has 2 unspecified atom stereocenters. The number of β-amino-alcohol motifs (C(OH)–C–C–N with tert-alkyl or cyclic N) is 1. The van der Waals surface area contributed by atoms with E-state index in [1.54, 1.807) is 36.9 Å². The number of fused-ring (bicyclic) bond motifs is 1. The van der Waals surface area contributed by atoms with Crippen LogP contribution in [0.4, 0.5) is 0 Å². The van der Waals surface area contributed by atoms with Crippen molar-refractivity contribution in [1.29, 1.82) is 0 Å². The molecule has 0 spiro atoms. The number of aliphatic hydroxyl groups is 1. The van der Waals surface area contributed by atoms with Gasteiger partial charge >= 0.3 is 0 Å². The number of amides is 2. The highest BCUT2D eigenvalue weighted by Gasteiger charge is 2.41. The number of carbonyl (C=O) groups is 2. The lowest BCUT2D eigenvalue weighted by Crippen LogP contribution is -2.60. The molecule has 2 aromatic carbocycles. The van der Waals surface area contributed by atoms with Crippen molar-refractivity contribution < 1.29 is 19.8 Å². The van der Waals surface area contributed by atoms with Gasteiger partial charge in [-0.05, 0) is 76.6 Å². The molecule has 0 aromatic heterocycles. The van der Waals surface area contributed by atoms with Crippen molar-refractivity contribution in [2.75, 3.05) is 18.8 Å². The van der Waals surface area contributed by atoms with Crippen molar-refractivity contribution >= 4 is 36.0 Å². The van der Waals surface area contributed by atoms with E-state index in [0.717, 1.165) is 30.7 Å². The van der Waals surface area contributed by atoms with Crippen LogP contribution < -0.4 is 10.6 Å². The van der Waals surface area contributed by atoms with E-state index in [1.807, 2.05) is 51.1 Å². The minimum absolute atomic E-state index is 0. The summed E-state index contributed by atoms with van der Waals surface area (Å²) in [5.41, 5.74) is 0.543. The van der Waals surface area contributed by atoms with Crippen LogP contribution in [0.5, 0.6) is 5.75 Å². The Morgan fingerprint density at radius 3 is 2.41 bits per heavy atom. The van der Waals surface area contributed by atoms with Crippen LogP contribution in [0.3, 0.4) is 0 Å². The molecule has 226 valence electrons. The van der Waals surface area contributed by atoms with Crippen molar-refractivity contribution in [2.45, 2.75) is 88.4 Å². The van der Waals surface area contributed by atoms with Gasteiger partial charge in [-0.25, -0.2) is 0 Å². The van der Waals surface area contributed by atoms with E-state index in [0.29, 0.717) is 35.3 Å². The molecule has 41 heavy (non-hydrogen) atoms. The molecule has 5 atom stereocenters. The lowest BCUT2D eigenvalue weighted by Gasteiger charge is -2.47. The number of nitrogens with zero attached hydrogens (tertiary/aromatic N) is 1. The third-order valence-electron chi connectivity index (χ3n) is 8.23. The summed E-state index contributed by atoms with van der Waals surface area (Å²) >= 11 is 1.57. The number of phenolic OH excluding ortho intramolecular Hbond substituents is 1. The molecule has 2 aliphatic rings. The Morgan fingerprint density at radius 1 is 1.05 bits per heavy atom. The monoisotopic (exact) mass is 603 g/mol. The molecule has 0 radical (unpaired) electrons. The highest BCUT2D eigenvalue weighted by atomic mass is 35.5. The Kier molecular flexibility index (Phi) is 12.0. The van der Waals surface area contributed by atoms with Gasteiger partial charge in [0.25, 0.3) is 5.91 Å². The number of aliphatic hydroxyl groups excluding tert-OH is 1. The number of nitrogens with one attached hydrogen (secondary N) is 2. The fourth-order valence-electron chi connectivity index (χ4n) is 6.06. The second kappa shape index (κ2) is 14.8. The number of benzene rings is 2. The van der Waals surface area contributed by atoms with Crippen molar-refractivity contribution in [3.8, 4) is 5.75 Å². The molecule has 1 saturated carbocycles. The molecule has 1 aliphatic carbocycles. The largest absolute Gasteiger partial charge is 0.508 e. The number of piperidine rings is 1. The zero-order valence-electron chi connectivity index (χ0n) is 24.6. The number of phenols is 1. The van der Waals surface area contributed by atoms with E-state index < -0.39 is 12.1 Å². The molecular formula is C32H46ClN3O4S. The van der Waals surface area contributed by atoms with Gasteiger partial charge in [-0.1, -0.05) is 43.5 Å². The summed E-state index contributed by atoms with van der Waals surface area (Å²) in [5.74, 6) is 1.27. The quantitative estimate of drug-likeness (QED) is 0.295. The first kappa shape index (κ1) is 33.2. The van der Waals surface area contributed by atoms with Gasteiger partial charge < -0.3 is 20.8 Å². The third kappa shape index (κ3) is 9.11. The number of halogens is 1. The molecule has 9 heteroatoms. The summed E-state index contributed by atoms with van der Waals surface area (Å²) in [7, 11) is 0. The number of hydrogen-bond donors (Lipinski definition) is 4. The molecule has 1 heterocycles. The predicted molar refractivity (Wildman–Crippen MR) is 168 cm³/mol. The van der Waals surface area contributed by atoms with Crippen molar-refractivity contribution in [1.82, 2.24) is 15.5 Å². The lowest BCUT2D eigenvalue weighted by molar-refractivity contribution is -0.132. The van der Waals surface area contributed by atoms with Crippen LogP contribution in [0.2, 0.25) is 0 Å². The third-order valence-corrected chi connectivity index (χ3v) is 9.36. The van der Waals surface area contributed by atoms with Crippen LogP contribution in [0.15, 0.2) is 53.4 Å². The average molecular weight is 604 g/mol. The molecule has 0 bridgehead atoms. The van der Waals surface area contributed by atoms with E-state index in [4.69, 9.17) is 0 Å². The zero-order chi connectivity index (χ0) is 28.9. The maximum absolute atomic E-state index is 13.5. The molecule has 2 amide bonds. The fraction of sp³-hybridized carbons (Fsp3) is 0.562. The summed E-state index contributed by atoms with van der Waals surface area (Å²) < 4.78 is 0. The Balaban J connectivity index is 0.00000462. The minimum Gasteiger partial charge on any atom is -0.508 e. The number of aromatic hydroxyl groups is 1. The minimum atomic E-state index is -0.886. The normalized spacial score (nSPS) is 22.5. The first-order chi connectivity index (χ1) is 19.0. The van der Waals surface area contributed by atoms with Crippen molar-refractivity contribution in [3.63, 3.8) is 0 Å². The van der Waals surface area contributed by atoms with Crippen molar-refractivity contribution in [3.05, 3.63) is 59.7 Å². The first-order valence-electron chi connectivity index (χ1n) is 14.5. The first-order valence-corrected chi connectivity index (χ1v) is 15.5. The molecule has 4 rings (SSSR count). The maximum Gasteiger partial charge on any atom is 0.252 e. The second-order valence-electron chi connectivity index (χ2n) is 12.5. The van der Waals surface area contributed by atoms with Crippen LogP contribution in [-0.2, 0) is 4.79 Å². The predicted octanol–water partition coefficient (Wildman–Crippen LogP) is 5.17. The lowest BCUT2D eigenvalue weighted by atomic mass is 9.72. The van der Waals surface area contributed by atoms with Gasteiger partial charge in [-0.2, -0.15) is 0 Å². The second-order valence-corrected chi connectivity index (χ2v) is 13.6. The molecule has 1 aliphatic heterocycles. The van der Waals surface area contributed by atoms with Crippen molar-refractivity contribution in [2.24, 2.45) is 11.8 Å². The van der Waals surface area contributed by atoms with Gasteiger partial charge in [-0.15, -0.1) is 24.2 Å². The van der Waals surface area contributed by atoms with Gasteiger partial charge in [0.2, 0.25) is 5.91 Å². The molecular weight excluding hydrogens is 558 g/mol. The number of carbonyl (C=O) groups excluding carboxylic acids is 2. The highest BCUT2D eigenvalue weighted by molar-refractivity contribution is 7.99. The fourth-order valence-corrected chi connectivity index (χ4v) is 7.09. The van der Waals surface area contributed by atoms with Crippen LogP contribution in [0.1, 0.15) is 68.8 Å². The Morgan fingerprint density at radius 2 is 1.73 bits per heavy atom. The summed E-state index contributed by atoms with van der Waals surface area (Å²) in [6, 6.07) is 13.9. The number of likely N-dealkylation sites (tertiary alicyclic amines) is 1. The summed E-state index contributed by atoms with van der Waals surface area (Å²) in [6.07, 6.45) is 4.67. The highest BCUT2D eigenvalue weighted by Crippen LogP contribution is 2.39. The molecule has 1 saturated heterocycles. The average Bonchev–Trinajstić information content (AvgIpc) is 2.91. The van der Waals surface area contributed by atoms with E-state index >= 15 is 0 Å². The Hall–Kier alpha value is -2.26. The van der Waals surface area contributed by atoms with Gasteiger partial charge in [0.1, 0.15) is 5.75 Å². The van der Waals surface area contributed by atoms with Gasteiger partial charge in [0.15, 0.2) is 0 Å². The topological polar surface area (TPSA) is 102 Å². The smallest absolute Gasteiger partial charge is 0.252 e. The number of hydrogen-bond acceptors (Lipinski definition) is 6. The molecule has 2 fully saturated rings. The summed E-state index contributed by atoms with van der Waals surface area (Å²) in [6.45, 7) is 8.76. The van der Waals surface area contributed by atoms with Crippen LogP contribution in [0.25, 0.3) is 0 Å². The maximum atomic E-state index is 13.5. The Labute approximate surface area is 255 Å². The number of rotatable bonds is 9. The molecule has 7 nitrogen and oxygen atoms in total. The van der Waals surface area contributed by atoms with Crippen LogP contribution in [-0.4, -0.2) is 69.5 Å². The van der Waals surface area contributed by atoms with E-state index in [9.17, 15) is 19.8 Å². The van der Waals surface area contributed by atoms with Gasteiger partial charge in [0, 0.05) is 40.4 Å². The van der Waals surface area contributed by atoms with Gasteiger partial charge in [0.05, 0.1) is 18.2 Å². The molecule has 2 aromatic rings. The van der Waals surface area contributed by atoms with Crippen LogP contribution in [0, 0.1) is 18.8 Å². The number of thioether (sulfide) groups is 1. The van der Waals surface area contributed by atoms with Crippen LogP contribution >= 0.6 is 24.2 Å². The van der Waals surface area contributed by atoms with E-state index in [2.05, 4.69) is 15.5 Å². The van der Waals surface area contributed by atoms with E-state index in [-0.39, 0.29) is 41.6 Å². The molecule has 4 N–H and O–H groups in total. The summed E-state index contributed by atoms with van der Waals surface area (Å²) in [5, 5.41) is 28.0. The van der Waals surface area contributed by atoms with Gasteiger partial charge in [-0.3, -0.25) is 14.5 Å². The zero-order valence-corrected chi connectivity index (χ0v) is 26.3. The van der Waals surface area contributed by atoms with E-state index in [1.165, 1.54) is 12.8 Å². The Bertz CT molecular complexity index is 1160. The SMILES string of the molecule is Cc1c(O)cccc1C(=O)NC(CSc1ccccc1)C(O)CN1C[C@H]2CCCC[C@H]2C[C@H]1C(=O)NC(C)(C)C.Cl.